The molecule has 0 aromatic heterocycles. The van der Waals surface area contributed by atoms with Crippen molar-refractivity contribution in [1.82, 2.24) is 0 Å². The first-order valence-electron chi connectivity index (χ1n) is 6.23. The maximum absolute atomic E-state index is 10.9. The molecule has 1 aromatic rings. The zero-order chi connectivity index (χ0) is 13.4. The van der Waals surface area contributed by atoms with Crippen LogP contribution in [0, 0.1) is 0 Å². The van der Waals surface area contributed by atoms with Crippen LogP contribution in [0.5, 0.6) is 0 Å². The van der Waals surface area contributed by atoms with Gasteiger partial charge in [0.15, 0.2) is 0 Å². The van der Waals surface area contributed by atoms with E-state index in [1.807, 2.05) is 12.1 Å². The van der Waals surface area contributed by atoms with Gasteiger partial charge in [-0.25, -0.2) is 0 Å². The van der Waals surface area contributed by atoms with Crippen molar-refractivity contribution in [3.8, 4) is 0 Å². The Morgan fingerprint density at radius 2 is 2.06 bits per heavy atom. The fourth-order valence-corrected chi connectivity index (χ4v) is 1.66. The molecule has 0 fully saturated rings. The molecular weight excluding hydrogens is 230 g/mol. The zero-order valence-corrected chi connectivity index (χ0v) is 11.0. The number of aryl methyl sites for hydroxylation is 1. The summed E-state index contributed by atoms with van der Waals surface area (Å²) in [6.45, 7) is 2.48. The summed E-state index contributed by atoms with van der Waals surface area (Å²) in [5.74, 6) is -0.400. The largest absolute Gasteiger partial charge is 0.469 e. The number of hydrogen-bond acceptors (Lipinski definition) is 4. The summed E-state index contributed by atoms with van der Waals surface area (Å²) in [6.07, 6.45) is 1.49. The third-order valence-corrected chi connectivity index (χ3v) is 2.66. The molecule has 4 heteroatoms. The Hall–Kier alpha value is -1.55. The Kier molecular flexibility index (Phi) is 6.22. The van der Waals surface area contributed by atoms with Crippen LogP contribution in [0.4, 0.5) is 5.69 Å². The van der Waals surface area contributed by atoms with E-state index < -0.39 is 12.1 Å². The van der Waals surface area contributed by atoms with Crippen LogP contribution in [-0.2, 0) is 16.0 Å². The Labute approximate surface area is 108 Å². The fraction of sp³-hybridized carbons (Fsp3) is 0.500. The van der Waals surface area contributed by atoms with Gasteiger partial charge < -0.3 is 15.2 Å². The van der Waals surface area contributed by atoms with Gasteiger partial charge in [0.1, 0.15) is 0 Å². The quantitative estimate of drug-likeness (QED) is 0.727. The highest BCUT2D eigenvalue weighted by Gasteiger charge is 2.10. The van der Waals surface area contributed by atoms with Gasteiger partial charge in [-0.1, -0.05) is 25.5 Å². The van der Waals surface area contributed by atoms with E-state index in [0.29, 0.717) is 6.54 Å². The molecule has 0 aliphatic heterocycles. The highest BCUT2D eigenvalue weighted by atomic mass is 16.5. The second kappa shape index (κ2) is 7.71. The molecule has 1 aromatic carbocycles. The van der Waals surface area contributed by atoms with E-state index in [1.54, 1.807) is 0 Å². The Morgan fingerprint density at radius 3 is 2.61 bits per heavy atom. The molecule has 2 N–H and O–H groups in total. The number of ether oxygens (including phenoxy) is 1. The predicted octanol–water partition coefficient (Wildman–Crippen LogP) is 1.97. The number of nitrogens with one attached hydrogen (secondary N) is 1. The average Bonchev–Trinajstić information content (AvgIpc) is 2.38. The van der Waals surface area contributed by atoms with Gasteiger partial charge >= 0.3 is 5.97 Å². The second-order valence-electron chi connectivity index (χ2n) is 4.26. The molecule has 0 bridgehead atoms. The van der Waals surface area contributed by atoms with Crippen LogP contribution in [0.1, 0.15) is 25.3 Å². The van der Waals surface area contributed by atoms with E-state index in [2.05, 4.69) is 29.1 Å². The van der Waals surface area contributed by atoms with Crippen molar-refractivity contribution in [2.24, 2.45) is 0 Å². The molecule has 18 heavy (non-hydrogen) atoms. The van der Waals surface area contributed by atoms with Gasteiger partial charge in [-0.05, 0) is 24.1 Å². The van der Waals surface area contributed by atoms with Gasteiger partial charge in [0.05, 0.1) is 19.6 Å². The van der Waals surface area contributed by atoms with Gasteiger partial charge in [0.25, 0.3) is 0 Å². The van der Waals surface area contributed by atoms with Crippen LogP contribution in [0.3, 0.4) is 0 Å². The van der Waals surface area contributed by atoms with Crippen LogP contribution < -0.4 is 5.32 Å². The number of methoxy groups -OCH3 is 1. The summed E-state index contributed by atoms with van der Waals surface area (Å²) < 4.78 is 4.49. The Bertz CT molecular complexity index is 362. The third-order valence-electron chi connectivity index (χ3n) is 2.66. The molecule has 0 aliphatic carbocycles. The lowest BCUT2D eigenvalue weighted by atomic mass is 10.1. The number of carbonyl (C=O) groups is 1. The van der Waals surface area contributed by atoms with Gasteiger partial charge in [-0.3, -0.25) is 4.79 Å². The lowest BCUT2D eigenvalue weighted by Crippen LogP contribution is -2.23. The number of carbonyl (C=O) groups excluding carboxylic acids is 1. The number of anilines is 1. The van der Waals surface area contributed by atoms with Crippen molar-refractivity contribution in [3.05, 3.63) is 29.8 Å². The topological polar surface area (TPSA) is 58.6 Å². The highest BCUT2D eigenvalue weighted by Crippen LogP contribution is 2.11. The molecule has 1 unspecified atom stereocenters. The minimum atomic E-state index is -0.729. The van der Waals surface area contributed by atoms with Crippen molar-refractivity contribution in [3.63, 3.8) is 0 Å². The standard InChI is InChI=1S/C14H21NO3/c1-3-4-11-5-7-12(8-6-11)15-10-13(16)9-14(17)18-2/h5-8,13,15-16H,3-4,9-10H2,1-2H3. The predicted molar refractivity (Wildman–Crippen MR) is 71.6 cm³/mol. The minimum Gasteiger partial charge on any atom is -0.469 e. The van der Waals surface area contributed by atoms with Crippen LogP contribution in [0.25, 0.3) is 0 Å². The number of benzene rings is 1. The average molecular weight is 251 g/mol. The van der Waals surface area contributed by atoms with Gasteiger partial charge in [0.2, 0.25) is 0 Å². The number of aliphatic hydroxyl groups excluding tert-OH is 1. The molecule has 100 valence electrons. The second-order valence-corrected chi connectivity index (χ2v) is 4.26. The molecule has 1 atom stereocenters. The summed E-state index contributed by atoms with van der Waals surface area (Å²) in [5.41, 5.74) is 2.25. The summed E-state index contributed by atoms with van der Waals surface area (Å²) >= 11 is 0. The third kappa shape index (κ3) is 5.19. The van der Waals surface area contributed by atoms with Crippen molar-refractivity contribution >= 4 is 11.7 Å². The van der Waals surface area contributed by atoms with E-state index >= 15 is 0 Å². The molecule has 0 saturated heterocycles. The van der Waals surface area contributed by atoms with E-state index in [4.69, 9.17) is 0 Å². The van der Waals surface area contributed by atoms with Crippen LogP contribution in [0.15, 0.2) is 24.3 Å². The van der Waals surface area contributed by atoms with Gasteiger partial charge in [0, 0.05) is 12.2 Å². The summed E-state index contributed by atoms with van der Waals surface area (Å²) in [7, 11) is 1.31. The Morgan fingerprint density at radius 1 is 1.39 bits per heavy atom. The van der Waals surface area contributed by atoms with Crippen LogP contribution in [-0.4, -0.2) is 30.8 Å². The molecule has 0 radical (unpaired) electrons. The molecular formula is C14H21NO3. The van der Waals surface area contributed by atoms with E-state index in [9.17, 15) is 9.90 Å². The highest BCUT2D eigenvalue weighted by molar-refractivity contribution is 5.69. The van der Waals surface area contributed by atoms with Crippen LogP contribution >= 0.6 is 0 Å². The van der Waals surface area contributed by atoms with Crippen molar-refractivity contribution in [2.45, 2.75) is 32.3 Å². The number of aliphatic hydroxyl groups is 1. The lowest BCUT2D eigenvalue weighted by molar-refractivity contribution is -0.142. The fourth-order valence-electron chi connectivity index (χ4n) is 1.66. The summed E-state index contributed by atoms with van der Waals surface area (Å²) in [4.78, 5) is 10.9. The number of rotatable bonds is 7. The van der Waals surface area contributed by atoms with Gasteiger partial charge in [-0.15, -0.1) is 0 Å². The lowest BCUT2D eigenvalue weighted by Gasteiger charge is -2.12. The molecule has 0 saturated carbocycles. The number of esters is 1. The summed E-state index contributed by atoms with van der Waals surface area (Å²) in [5, 5.41) is 12.7. The SMILES string of the molecule is CCCc1ccc(NCC(O)CC(=O)OC)cc1. The molecule has 0 spiro atoms. The maximum Gasteiger partial charge on any atom is 0.308 e. The van der Waals surface area contributed by atoms with Crippen LogP contribution in [0.2, 0.25) is 0 Å². The van der Waals surface area contributed by atoms with E-state index in [0.717, 1.165) is 18.5 Å². The first-order chi connectivity index (χ1) is 8.65. The monoisotopic (exact) mass is 251 g/mol. The van der Waals surface area contributed by atoms with E-state index in [1.165, 1.54) is 12.7 Å². The number of hydrogen-bond donors (Lipinski definition) is 2. The van der Waals surface area contributed by atoms with Gasteiger partial charge in [-0.2, -0.15) is 0 Å². The summed E-state index contributed by atoms with van der Waals surface area (Å²) in [6, 6.07) is 8.10. The van der Waals surface area contributed by atoms with Crippen molar-refractivity contribution < 1.29 is 14.6 Å². The minimum absolute atomic E-state index is 0.0113. The maximum atomic E-state index is 10.9. The zero-order valence-electron chi connectivity index (χ0n) is 11.0. The molecule has 1 rings (SSSR count). The molecule has 0 amide bonds. The Balaban J connectivity index is 2.36. The smallest absolute Gasteiger partial charge is 0.308 e. The van der Waals surface area contributed by atoms with Crippen molar-refractivity contribution in [1.29, 1.82) is 0 Å². The molecule has 0 heterocycles. The first kappa shape index (κ1) is 14.5. The molecule has 0 aliphatic rings. The normalized spacial score (nSPS) is 11.9. The van der Waals surface area contributed by atoms with Crippen molar-refractivity contribution in [2.75, 3.05) is 19.0 Å². The molecule has 4 nitrogen and oxygen atoms in total. The van der Waals surface area contributed by atoms with E-state index in [-0.39, 0.29) is 6.42 Å². The first-order valence-corrected chi connectivity index (χ1v) is 6.23.